The van der Waals surface area contributed by atoms with E-state index < -0.39 is 11.7 Å². The minimum atomic E-state index is -4.41. The first-order chi connectivity index (χ1) is 8.36. The molecule has 0 aliphatic carbocycles. The fourth-order valence-corrected chi connectivity index (χ4v) is 2.07. The highest BCUT2D eigenvalue weighted by atomic mass is 35.5. The fourth-order valence-electron chi connectivity index (χ4n) is 1.77. The number of alkyl halides is 3. The van der Waals surface area contributed by atoms with E-state index in [1.165, 1.54) is 12.1 Å². The van der Waals surface area contributed by atoms with Gasteiger partial charge in [0.25, 0.3) is 0 Å². The van der Waals surface area contributed by atoms with Gasteiger partial charge in [0.05, 0.1) is 10.6 Å². The molecule has 0 unspecified atom stereocenters. The average Bonchev–Trinajstić information content (AvgIpc) is 2.27. The molecule has 5 heteroatoms. The van der Waals surface area contributed by atoms with Crippen LogP contribution in [0.15, 0.2) is 18.2 Å². The molecule has 0 saturated carbocycles. The Morgan fingerprint density at radius 2 is 1.94 bits per heavy atom. The summed E-state index contributed by atoms with van der Waals surface area (Å²) in [4.78, 5) is 0. The van der Waals surface area contributed by atoms with Crippen molar-refractivity contribution < 1.29 is 13.2 Å². The van der Waals surface area contributed by atoms with Gasteiger partial charge >= 0.3 is 6.18 Å². The van der Waals surface area contributed by atoms with Gasteiger partial charge in [-0.2, -0.15) is 13.2 Å². The lowest BCUT2D eigenvalue weighted by Crippen LogP contribution is -2.12. The SMILES string of the molecule is CCCCC[C@@H](N)c1ccc(C(F)(F)F)c(Cl)c1. The molecule has 0 spiro atoms. The van der Waals surface area contributed by atoms with Crippen LogP contribution < -0.4 is 5.73 Å². The van der Waals surface area contributed by atoms with E-state index >= 15 is 0 Å². The first-order valence-corrected chi connectivity index (χ1v) is 6.36. The van der Waals surface area contributed by atoms with Crippen LogP contribution in [-0.2, 0) is 6.18 Å². The molecule has 2 N–H and O–H groups in total. The van der Waals surface area contributed by atoms with Crippen LogP contribution in [0, 0.1) is 0 Å². The van der Waals surface area contributed by atoms with Crippen LogP contribution in [0.4, 0.5) is 13.2 Å². The summed E-state index contributed by atoms with van der Waals surface area (Å²) in [6, 6.07) is 3.47. The lowest BCUT2D eigenvalue weighted by molar-refractivity contribution is -0.137. The fraction of sp³-hybridized carbons (Fsp3) is 0.538. The zero-order valence-electron chi connectivity index (χ0n) is 10.2. The monoisotopic (exact) mass is 279 g/mol. The summed E-state index contributed by atoms with van der Waals surface area (Å²) in [5.74, 6) is 0. The molecule has 0 heterocycles. The van der Waals surface area contributed by atoms with E-state index in [0.29, 0.717) is 5.56 Å². The Morgan fingerprint density at radius 3 is 2.44 bits per heavy atom. The predicted octanol–water partition coefficient (Wildman–Crippen LogP) is 4.94. The molecule has 1 aromatic rings. The number of hydrogen-bond acceptors (Lipinski definition) is 1. The minimum Gasteiger partial charge on any atom is -0.324 e. The van der Waals surface area contributed by atoms with Gasteiger partial charge in [-0.3, -0.25) is 0 Å². The molecular weight excluding hydrogens is 263 g/mol. The summed E-state index contributed by atoms with van der Waals surface area (Å²) < 4.78 is 37.5. The second kappa shape index (κ2) is 6.43. The van der Waals surface area contributed by atoms with Crippen LogP contribution in [0.1, 0.15) is 49.8 Å². The van der Waals surface area contributed by atoms with Gasteiger partial charge in [-0.05, 0) is 24.1 Å². The zero-order chi connectivity index (χ0) is 13.8. The molecule has 1 atom stereocenters. The highest BCUT2D eigenvalue weighted by Gasteiger charge is 2.33. The molecule has 0 amide bonds. The lowest BCUT2D eigenvalue weighted by Gasteiger charge is -2.15. The molecule has 0 saturated heterocycles. The van der Waals surface area contributed by atoms with Gasteiger partial charge < -0.3 is 5.73 Å². The highest BCUT2D eigenvalue weighted by molar-refractivity contribution is 6.31. The van der Waals surface area contributed by atoms with Crippen molar-refractivity contribution >= 4 is 11.6 Å². The Hall–Kier alpha value is -0.740. The Balaban J connectivity index is 2.78. The molecule has 18 heavy (non-hydrogen) atoms. The molecule has 0 radical (unpaired) electrons. The van der Waals surface area contributed by atoms with E-state index in [2.05, 4.69) is 6.92 Å². The molecule has 0 fully saturated rings. The van der Waals surface area contributed by atoms with Crippen LogP contribution in [-0.4, -0.2) is 0 Å². The van der Waals surface area contributed by atoms with Crippen molar-refractivity contribution in [2.45, 2.75) is 44.8 Å². The van der Waals surface area contributed by atoms with Crippen molar-refractivity contribution in [2.75, 3.05) is 0 Å². The van der Waals surface area contributed by atoms with E-state index in [-0.39, 0.29) is 11.1 Å². The van der Waals surface area contributed by atoms with Crippen LogP contribution in [0.5, 0.6) is 0 Å². The van der Waals surface area contributed by atoms with Crippen molar-refractivity contribution in [3.63, 3.8) is 0 Å². The molecule has 1 aromatic carbocycles. The maximum Gasteiger partial charge on any atom is 0.417 e. The molecular formula is C13H17ClF3N. The molecule has 1 rings (SSSR count). The van der Waals surface area contributed by atoms with Gasteiger partial charge in [-0.25, -0.2) is 0 Å². The van der Waals surface area contributed by atoms with Crippen molar-refractivity contribution in [1.29, 1.82) is 0 Å². The van der Waals surface area contributed by atoms with Crippen molar-refractivity contribution in [2.24, 2.45) is 5.73 Å². The van der Waals surface area contributed by atoms with Crippen molar-refractivity contribution in [1.82, 2.24) is 0 Å². The molecule has 0 aromatic heterocycles. The maximum atomic E-state index is 12.5. The Kier molecular flexibility index (Phi) is 5.47. The predicted molar refractivity (Wildman–Crippen MR) is 67.5 cm³/mol. The third-order valence-corrected chi connectivity index (χ3v) is 3.16. The smallest absolute Gasteiger partial charge is 0.324 e. The van der Waals surface area contributed by atoms with Crippen LogP contribution in [0.3, 0.4) is 0 Å². The number of halogens is 4. The van der Waals surface area contributed by atoms with E-state index in [4.69, 9.17) is 17.3 Å². The highest BCUT2D eigenvalue weighted by Crippen LogP contribution is 2.35. The first-order valence-electron chi connectivity index (χ1n) is 5.98. The second-order valence-corrected chi connectivity index (χ2v) is 4.75. The molecule has 0 aliphatic rings. The van der Waals surface area contributed by atoms with Crippen LogP contribution in [0.2, 0.25) is 5.02 Å². The Bertz CT molecular complexity index is 390. The summed E-state index contributed by atoms with van der Waals surface area (Å²) in [5.41, 5.74) is 5.77. The maximum absolute atomic E-state index is 12.5. The van der Waals surface area contributed by atoms with Crippen LogP contribution in [0.25, 0.3) is 0 Å². The molecule has 0 aliphatic heterocycles. The number of hydrogen-bond donors (Lipinski definition) is 1. The largest absolute Gasteiger partial charge is 0.417 e. The summed E-state index contributed by atoms with van der Waals surface area (Å²) in [5, 5.41) is -0.286. The molecule has 102 valence electrons. The van der Waals surface area contributed by atoms with Gasteiger partial charge in [-0.1, -0.05) is 43.9 Å². The topological polar surface area (TPSA) is 26.0 Å². The Morgan fingerprint density at radius 1 is 1.28 bits per heavy atom. The van der Waals surface area contributed by atoms with E-state index in [1.807, 2.05) is 0 Å². The lowest BCUT2D eigenvalue weighted by atomic mass is 10.00. The van der Waals surface area contributed by atoms with Gasteiger partial charge in [0, 0.05) is 6.04 Å². The van der Waals surface area contributed by atoms with Crippen LogP contribution >= 0.6 is 11.6 Å². The number of unbranched alkanes of at least 4 members (excludes halogenated alkanes) is 2. The van der Waals surface area contributed by atoms with Gasteiger partial charge in [-0.15, -0.1) is 0 Å². The third kappa shape index (κ3) is 4.18. The van der Waals surface area contributed by atoms with E-state index in [1.54, 1.807) is 0 Å². The zero-order valence-corrected chi connectivity index (χ0v) is 11.0. The third-order valence-electron chi connectivity index (χ3n) is 2.85. The van der Waals surface area contributed by atoms with Gasteiger partial charge in [0.1, 0.15) is 0 Å². The summed E-state index contributed by atoms with van der Waals surface area (Å²) in [6.07, 6.45) is -0.531. The average molecular weight is 280 g/mol. The summed E-state index contributed by atoms with van der Waals surface area (Å²) in [6.45, 7) is 2.08. The quantitative estimate of drug-likeness (QED) is 0.759. The van der Waals surface area contributed by atoms with Crippen molar-refractivity contribution in [3.8, 4) is 0 Å². The Labute approximate surface area is 110 Å². The second-order valence-electron chi connectivity index (χ2n) is 4.34. The summed E-state index contributed by atoms with van der Waals surface area (Å²) >= 11 is 5.64. The standard InChI is InChI=1S/C13H17ClF3N/c1-2-3-4-5-12(18)9-6-7-10(11(14)8-9)13(15,16)17/h6-8,12H,2-5,18H2,1H3/t12-/m1/s1. The first kappa shape index (κ1) is 15.3. The number of nitrogens with two attached hydrogens (primary N) is 1. The number of rotatable bonds is 5. The van der Waals surface area contributed by atoms with Gasteiger partial charge in [0.15, 0.2) is 0 Å². The van der Waals surface area contributed by atoms with E-state index in [9.17, 15) is 13.2 Å². The molecule has 1 nitrogen and oxygen atoms in total. The molecule has 0 bridgehead atoms. The van der Waals surface area contributed by atoms with Gasteiger partial charge in [0.2, 0.25) is 0 Å². The normalized spacial score (nSPS) is 13.7. The number of benzene rings is 1. The van der Waals surface area contributed by atoms with Crippen molar-refractivity contribution in [3.05, 3.63) is 34.3 Å². The minimum absolute atomic E-state index is 0.253. The van der Waals surface area contributed by atoms with E-state index in [0.717, 1.165) is 31.7 Å². The summed E-state index contributed by atoms with van der Waals surface area (Å²) in [7, 11) is 0.